The average Bonchev–Trinajstić information content (AvgIpc) is 2.36. The summed E-state index contributed by atoms with van der Waals surface area (Å²) in [6.45, 7) is 2.21. The van der Waals surface area contributed by atoms with E-state index in [1.165, 1.54) is 14.0 Å². The van der Waals surface area contributed by atoms with Gasteiger partial charge in [0.1, 0.15) is 12.4 Å². The molecule has 6 nitrogen and oxygen atoms in total. The minimum absolute atomic E-state index is 0.102. The van der Waals surface area contributed by atoms with E-state index in [0.29, 0.717) is 24.6 Å². The minimum atomic E-state index is -0.312. The lowest BCUT2D eigenvalue weighted by Gasteiger charge is -2.12. The smallest absolute Gasteiger partial charge is 0.319 e. The summed E-state index contributed by atoms with van der Waals surface area (Å²) in [6, 6.07) is 6.78. The number of urea groups is 1. The number of hydrogen-bond acceptors (Lipinski definition) is 3. The molecule has 0 spiro atoms. The van der Waals surface area contributed by atoms with Crippen LogP contribution in [0.5, 0.6) is 5.75 Å². The van der Waals surface area contributed by atoms with E-state index in [1.807, 2.05) is 6.07 Å². The molecule has 0 bridgehead atoms. The second-order valence-electron chi connectivity index (χ2n) is 3.53. The number of anilines is 1. The second kappa shape index (κ2) is 7.16. The van der Waals surface area contributed by atoms with Crippen molar-refractivity contribution in [3.05, 3.63) is 24.3 Å². The fourth-order valence-corrected chi connectivity index (χ4v) is 1.27. The Hall–Kier alpha value is -2.24. The maximum atomic E-state index is 11.2. The van der Waals surface area contributed by atoms with E-state index in [-0.39, 0.29) is 11.9 Å². The first-order valence-corrected chi connectivity index (χ1v) is 5.58. The van der Waals surface area contributed by atoms with Crippen LogP contribution in [0.15, 0.2) is 24.3 Å². The molecule has 3 N–H and O–H groups in total. The largest absolute Gasteiger partial charge is 0.490 e. The zero-order valence-corrected chi connectivity index (χ0v) is 10.4. The van der Waals surface area contributed by atoms with Crippen LogP contribution >= 0.6 is 0 Å². The van der Waals surface area contributed by atoms with Gasteiger partial charge in [0, 0.05) is 14.0 Å². The van der Waals surface area contributed by atoms with Crippen LogP contribution in [0.2, 0.25) is 0 Å². The van der Waals surface area contributed by atoms with Gasteiger partial charge in [-0.1, -0.05) is 12.1 Å². The highest BCUT2D eigenvalue weighted by Crippen LogP contribution is 2.23. The van der Waals surface area contributed by atoms with Gasteiger partial charge in [-0.25, -0.2) is 4.79 Å². The highest BCUT2D eigenvalue weighted by atomic mass is 16.5. The van der Waals surface area contributed by atoms with Crippen molar-refractivity contribution in [2.45, 2.75) is 6.92 Å². The van der Waals surface area contributed by atoms with Crippen LogP contribution in [0.4, 0.5) is 10.5 Å². The summed E-state index contributed by atoms with van der Waals surface area (Å²) in [6.07, 6.45) is 0. The summed E-state index contributed by atoms with van der Waals surface area (Å²) in [5, 5.41) is 7.73. The Balaban J connectivity index is 2.53. The molecule has 0 heterocycles. The van der Waals surface area contributed by atoms with Crippen LogP contribution in [0.1, 0.15) is 6.92 Å². The predicted octanol–water partition coefficient (Wildman–Crippen LogP) is 0.953. The van der Waals surface area contributed by atoms with E-state index < -0.39 is 0 Å². The van der Waals surface area contributed by atoms with Crippen molar-refractivity contribution in [2.75, 3.05) is 25.5 Å². The van der Waals surface area contributed by atoms with Crippen molar-refractivity contribution in [1.29, 1.82) is 0 Å². The molecule has 0 atom stereocenters. The fraction of sp³-hybridized carbons (Fsp3) is 0.333. The molecule has 0 fully saturated rings. The van der Waals surface area contributed by atoms with E-state index in [0.717, 1.165) is 0 Å². The topological polar surface area (TPSA) is 79.5 Å². The van der Waals surface area contributed by atoms with Gasteiger partial charge in [-0.2, -0.15) is 0 Å². The van der Waals surface area contributed by atoms with Crippen molar-refractivity contribution < 1.29 is 14.3 Å². The lowest BCUT2D eigenvalue weighted by Crippen LogP contribution is -2.26. The van der Waals surface area contributed by atoms with Crippen LogP contribution in [-0.2, 0) is 4.79 Å². The first kappa shape index (κ1) is 13.8. The third-order valence-corrected chi connectivity index (χ3v) is 2.10. The summed E-state index contributed by atoms with van der Waals surface area (Å²) in [5.41, 5.74) is 0.583. The standard InChI is InChI=1S/C12H17N3O3/c1-9(16)14-7-8-18-11-6-4-3-5-10(11)15-12(17)13-2/h3-6H,7-8H2,1-2H3,(H,14,16)(H2,13,15,17). The summed E-state index contributed by atoms with van der Waals surface area (Å²) in [7, 11) is 1.54. The number of amides is 3. The SMILES string of the molecule is CNC(=O)Nc1ccccc1OCCNC(C)=O. The maximum Gasteiger partial charge on any atom is 0.319 e. The van der Waals surface area contributed by atoms with Crippen molar-refractivity contribution in [3.63, 3.8) is 0 Å². The Morgan fingerprint density at radius 1 is 1.28 bits per heavy atom. The molecule has 18 heavy (non-hydrogen) atoms. The first-order chi connectivity index (χ1) is 8.63. The molecule has 0 unspecified atom stereocenters. The Morgan fingerprint density at radius 2 is 2.00 bits per heavy atom. The van der Waals surface area contributed by atoms with Gasteiger partial charge in [-0.3, -0.25) is 4.79 Å². The van der Waals surface area contributed by atoms with E-state index in [2.05, 4.69) is 16.0 Å². The molecule has 0 radical (unpaired) electrons. The van der Waals surface area contributed by atoms with Gasteiger partial charge in [-0.05, 0) is 12.1 Å². The number of carbonyl (C=O) groups is 2. The summed E-state index contributed by atoms with van der Waals surface area (Å²) >= 11 is 0. The highest BCUT2D eigenvalue weighted by molar-refractivity contribution is 5.90. The Labute approximate surface area is 106 Å². The molecule has 0 saturated heterocycles. The number of carbonyl (C=O) groups excluding carboxylic acids is 2. The molecule has 6 heteroatoms. The van der Waals surface area contributed by atoms with Gasteiger partial charge >= 0.3 is 6.03 Å². The minimum Gasteiger partial charge on any atom is -0.490 e. The second-order valence-corrected chi connectivity index (χ2v) is 3.53. The van der Waals surface area contributed by atoms with Gasteiger partial charge in [0.25, 0.3) is 0 Å². The van der Waals surface area contributed by atoms with E-state index in [9.17, 15) is 9.59 Å². The third-order valence-electron chi connectivity index (χ3n) is 2.10. The molecule has 0 aliphatic carbocycles. The molecule has 1 aromatic carbocycles. The number of para-hydroxylation sites is 2. The van der Waals surface area contributed by atoms with Crippen LogP contribution in [0, 0.1) is 0 Å². The average molecular weight is 251 g/mol. The van der Waals surface area contributed by atoms with Gasteiger partial charge < -0.3 is 20.7 Å². The van der Waals surface area contributed by atoms with Crippen LogP contribution < -0.4 is 20.7 Å². The van der Waals surface area contributed by atoms with Crippen LogP contribution in [0.3, 0.4) is 0 Å². The molecular formula is C12H17N3O3. The number of ether oxygens (including phenoxy) is 1. The molecule has 1 rings (SSSR count). The molecular weight excluding hydrogens is 234 g/mol. The van der Waals surface area contributed by atoms with Gasteiger partial charge in [0.05, 0.1) is 12.2 Å². The summed E-state index contributed by atoms with van der Waals surface area (Å²) in [4.78, 5) is 21.9. The number of rotatable bonds is 5. The van der Waals surface area contributed by atoms with Crippen molar-refractivity contribution >= 4 is 17.6 Å². The Morgan fingerprint density at radius 3 is 2.67 bits per heavy atom. The zero-order chi connectivity index (χ0) is 13.4. The van der Waals surface area contributed by atoms with Gasteiger partial charge in [0.2, 0.25) is 5.91 Å². The van der Waals surface area contributed by atoms with E-state index in [4.69, 9.17) is 4.74 Å². The fourth-order valence-electron chi connectivity index (χ4n) is 1.27. The van der Waals surface area contributed by atoms with Crippen molar-refractivity contribution in [2.24, 2.45) is 0 Å². The molecule has 3 amide bonds. The summed E-state index contributed by atoms with van der Waals surface area (Å²) < 4.78 is 5.48. The molecule has 98 valence electrons. The Kier molecular flexibility index (Phi) is 5.50. The van der Waals surface area contributed by atoms with Crippen molar-refractivity contribution in [1.82, 2.24) is 10.6 Å². The number of nitrogens with one attached hydrogen (secondary N) is 3. The molecule has 0 aliphatic rings. The first-order valence-electron chi connectivity index (χ1n) is 5.58. The molecule has 0 aliphatic heterocycles. The van der Waals surface area contributed by atoms with Crippen LogP contribution in [0.25, 0.3) is 0 Å². The van der Waals surface area contributed by atoms with Crippen LogP contribution in [-0.4, -0.2) is 32.1 Å². The molecule has 1 aromatic rings. The number of benzene rings is 1. The van der Waals surface area contributed by atoms with Crippen molar-refractivity contribution in [3.8, 4) is 5.75 Å². The monoisotopic (exact) mass is 251 g/mol. The predicted molar refractivity (Wildman–Crippen MR) is 68.7 cm³/mol. The molecule has 0 saturated carbocycles. The van der Waals surface area contributed by atoms with E-state index >= 15 is 0 Å². The lowest BCUT2D eigenvalue weighted by atomic mass is 10.3. The van der Waals surface area contributed by atoms with Gasteiger partial charge in [-0.15, -0.1) is 0 Å². The highest BCUT2D eigenvalue weighted by Gasteiger charge is 2.05. The normalized spacial score (nSPS) is 9.44. The molecule has 0 aromatic heterocycles. The van der Waals surface area contributed by atoms with E-state index in [1.54, 1.807) is 18.2 Å². The zero-order valence-electron chi connectivity index (χ0n) is 10.4. The quantitative estimate of drug-likeness (QED) is 0.682. The number of hydrogen-bond donors (Lipinski definition) is 3. The summed E-state index contributed by atoms with van der Waals surface area (Å²) in [5.74, 6) is 0.460. The lowest BCUT2D eigenvalue weighted by molar-refractivity contribution is -0.119. The third kappa shape index (κ3) is 4.73. The van der Waals surface area contributed by atoms with Gasteiger partial charge in [0.15, 0.2) is 0 Å². The maximum absolute atomic E-state index is 11.2. The Bertz CT molecular complexity index is 421.